The predicted octanol–water partition coefficient (Wildman–Crippen LogP) is 6.57. The van der Waals surface area contributed by atoms with Gasteiger partial charge in [-0.25, -0.2) is 0 Å². The molecule has 2 rings (SSSR count). The molecule has 5 atom stereocenters. The van der Waals surface area contributed by atoms with E-state index in [1.165, 1.54) is 0 Å². The van der Waals surface area contributed by atoms with E-state index in [1.807, 2.05) is 0 Å². The van der Waals surface area contributed by atoms with Crippen LogP contribution in [0.15, 0.2) is 11.0 Å². The van der Waals surface area contributed by atoms with Gasteiger partial charge in [-0.15, -0.1) is 0 Å². The maximum absolute atomic E-state index is 13.2. The molecule has 0 spiro atoms. The second kappa shape index (κ2) is 14.2. The molecule has 208 valence electrons. The van der Waals surface area contributed by atoms with Gasteiger partial charge in [0.2, 0.25) is 0 Å². The Bertz CT molecular complexity index is 832. The lowest BCUT2D eigenvalue weighted by Crippen LogP contribution is -2.31. The van der Waals surface area contributed by atoms with E-state index in [0.29, 0.717) is 12.8 Å². The highest BCUT2D eigenvalue weighted by molar-refractivity contribution is 7.89. The van der Waals surface area contributed by atoms with Crippen molar-refractivity contribution < 1.29 is 28.2 Å². The van der Waals surface area contributed by atoms with E-state index in [1.54, 1.807) is 27.7 Å². The lowest BCUT2D eigenvalue weighted by molar-refractivity contribution is -0.148. The van der Waals surface area contributed by atoms with Crippen molar-refractivity contribution >= 4 is 33.5 Å². The Hall–Kier alpha value is -1.02. The minimum Gasteiger partial charge on any atom is -0.481 e. The normalized spacial score (nSPS) is 27.4. The third-order valence-corrected chi connectivity index (χ3v) is 12.4. The highest BCUT2D eigenvalue weighted by Gasteiger charge is 2.32. The zero-order valence-electron chi connectivity index (χ0n) is 22.8. The van der Waals surface area contributed by atoms with Crippen molar-refractivity contribution in [1.29, 1.82) is 0 Å². The van der Waals surface area contributed by atoms with E-state index in [-0.39, 0.29) is 15.7 Å². The molecular weight excluding hydrogens is 496 g/mol. The molecule has 2 aliphatic rings. The summed E-state index contributed by atoms with van der Waals surface area (Å²) < 4.78 is 26.4. The Balaban J connectivity index is 1.75. The number of hydrogen-bond donors (Lipinski definition) is 2. The zero-order chi connectivity index (χ0) is 26.9. The standard InChI is InChI=1S/C28H48O6S2/c1-27(2,25(29)30)19-7-5-11-21-13-9-15-23(35(21)33)17-18-24-16-10-14-22(36(24)34)12-6-8-20-28(3,4)26(31)32/h15,21-22,24H,5-14,16-20H2,1-4H3,(H,29,30)(H,31,32). The summed E-state index contributed by atoms with van der Waals surface area (Å²) in [5.74, 6) is -1.53. The number of carboxylic acid groups (broad SMARTS) is 2. The second-order valence-corrected chi connectivity index (χ2v) is 15.9. The molecule has 5 unspecified atom stereocenters. The quantitative estimate of drug-likeness (QED) is 0.226. The Morgan fingerprint density at radius 2 is 1.31 bits per heavy atom. The van der Waals surface area contributed by atoms with Gasteiger partial charge in [0.05, 0.1) is 21.6 Å². The fourth-order valence-corrected chi connectivity index (χ4v) is 9.13. The molecule has 8 heteroatoms. The average Bonchev–Trinajstić information content (AvgIpc) is 2.81. The number of aliphatic carboxylic acids is 2. The van der Waals surface area contributed by atoms with Crippen LogP contribution in [0.2, 0.25) is 0 Å². The lowest BCUT2D eigenvalue weighted by Gasteiger charge is -2.30. The third kappa shape index (κ3) is 9.38. The molecule has 0 aromatic rings. The Morgan fingerprint density at radius 3 is 1.83 bits per heavy atom. The van der Waals surface area contributed by atoms with E-state index >= 15 is 0 Å². The SMILES string of the molecule is CC(C)(CCCCC1CCC=C(CCC2CCCC(CCCCC(C)(C)C(=O)O)S2=O)S1=O)C(=O)O. The van der Waals surface area contributed by atoms with E-state index < -0.39 is 44.4 Å². The minimum atomic E-state index is -0.994. The summed E-state index contributed by atoms with van der Waals surface area (Å²) in [6, 6.07) is 0. The first-order valence-corrected chi connectivity index (χ1v) is 16.3. The van der Waals surface area contributed by atoms with E-state index in [9.17, 15) is 28.2 Å². The van der Waals surface area contributed by atoms with Crippen LogP contribution in [0.1, 0.15) is 124 Å². The first-order chi connectivity index (χ1) is 16.8. The van der Waals surface area contributed by atoms with Crippen LogP contribution >= 0.6 is 0 Å². The fraction of sp³-hybridized carbons (Fsp3) is 0.857. The maximum atomic E-state index is 13.2. The number of hydrogen-bond acceptors (Lipinski definition) is 4. The van der Waals surface area contributed by atoms with Gasteiger partial charge in [0.15, 0.2) is 0 Å². The molecule has 0 aromatic carbocycles. The van der Waals surface area contributed by atoms with Crippen LogP contribution in [-0.2, 0) is 31.2 Å². The smallest absolute Gasteiger partial charge is 0.309 e. The van der Waals surface area contributed by atoms with Crippen molar-refractivity contribution in [3.63, 3.8) is 0 Å². The molecule has 1 saturated heterocycles. The predicted molar refractivity (Wildman–Crippen MR) is 148 cm³/mol. The summed E-state index contributed by atoms with van der Waals surface area (Å²) in [6.45, 7) is 7.04. The molecule has 0 amide bonds. The van der Waals surface area contributed by atoms with E-state index in [0.717, 1.165) is 88.4 Å². The molecular formula is C28H48O6S2. The fourth-order valence-electron chi connectivity index (χ4n) is 5.28. The van der Waals surface area contributed by atoms with Crippen molar-refractivity contribution in [2.45, 2.75) is 140 Å². The zero-order valence-corrected chi connectivity index (χ0v) is 24.4. The average molecular weight is 545 g/mol. The molecule has 2 aliphatic heterocycles. The second-order valence-electron chi connectivity index (χ2n) is 12.1. The molecule has 0 aromatic heterocycles. The van der Waals surface area contributed by atoms with Gasteiger partial charge in [-0.3, -0.25) is 18.0 Å². The first-order valence-electron chi connectivity index (χ1n) is 13.8. The van der Waals surface area contributed by atoms with Gasteiger partial charge in [-0.05, 0) is 91.9 Å². The molecule has 0 aliphatic carbocycles. The summed E-state index contributed by atoms with van der Waals surface area (Å²) in [6.07, 6.45) is 15.2. The Labute approximate surface area is 223 Å². The molecule has 0 bridgehead atoms. The number of allylic oxidation sites excluding steroid dienone is 2. The van der Waals surface area contributed by atoms with Gasteiger partial charge in [-0.1, -0.05) is 38.2 Å². The molecule has 1 fully saturated rings. The van der Waals surface area contributed by atoms with Crippen molar-refractivity contribution in [3.05, 3.63) is 11.0 Å². The third-order valence-electron chi connectivity index (χ3n) is 8.16. The summed E-state index contributed by atoms with van der Waals surface area (Å²) in [5, 5.41) is 19.1. The van der Waals surface area contributed by atoms with Crippen LogP contribution in [0.25, 0.3) is 0 Å². The largest absolute Gasteiger partial charge is 0.481 e. The summed E-state index contributed by atoms with van der Waals surface area (Å²) in [5.41, 5.74) is -1.41. The van der Waals surface area contributed by atoms with Crippen molar-refractivity contribution in [3.8, 4) is 0 Å². The van der Waals surface area contributed by atoms with Crippen LogP contribution in [0.5, 0.6) is 0 Å². The topological polar surface area (TPSA) is 109 Å². The molecule has 0 saturated carbocycles. The van der Waals surface area contributed by atoms with E-state index in [2.05, 4.69) is 6.08 Å². The van der Waals surface area contributed by atoms with Crippen molar-refractivity contribution in [1.82, 2.24) is 0 Å². The monoisotopic (exact) mass is 544 g/mol. The van der Waals surface area contributed by atoms with Crippen LogP contribution in [0.4, 0.5) is 0 Å². The minimum absolute atomic E-state index is 0.151. The highest BCUT2D eigenvalue weighted by atomic mass is 32.2. The van der Waals surface area contributed by atoms with Crippen LogP contribution in [0, 0.1) is 10.8 Å². The summed E-state index contributed by atoms with van der Waals surface area (Å²) >= 11 is 0. The molecule has 2 N–H and O–H groups in total. The Morgan fingerprint density at radius 1 is 0.806 bits per heavy atom. The number of carboxylic acids is 2. The molecule has 0 radical (unpaired) electrons. The van der Waals surface area contributed by atoms with Crippen molar-refractivity contribution in [2.75, 3.05) is 0 Å². The number of rotatable bonds is 15. The van der Waals surface area contributed by atoms with Crippen LogP contribution in [-0.4, -0.2) is 46.3 Å². The molecule has 6 nitrogen and oxygen atoms in total. The maximum Gasteiger partial charge on any atom is 0.309 e. The van der Waals surface area contributed by atoms with Gasteiger partial charge < -0.3 is 10.2 Å². The van der Waals surface area contributed by atoms with Crippen LogP contribution < -0.4 is 0 Å². The lowest BCUT2D eigenvalue weighted by atomic mass is 9.87. The van der Waals surface area contributed by atoms with Gasteiger partial charge in [0, 0.05) is 31.5 Å². The van der Waals surface area contributed by atoms with Crippen molar-refractivity contribution in [2.24, 2.45) is 10.8 Å². The van der Waals surface area contributed by atoms with Gasteiger partial charge >= 0.3 is 11.9 Å². The molecule has 36 heavy (non-hydrogen) atoms. The van der Waals surface area contributed by atoms with Crippen LogP contribution in [0.3, 0.4) is 0 Å². The molecule has 2 heterocycles. The van der Waals surface area contributed by atoms with Gasteiger partial charge in [0.1, 0.15) is 0 Å². The number of unbranched alkanes of at least 4 members (excludes halogenated alkanes) is 2. The summed E-state index contributed by atoms with van der Waals surface area (Å²) in [7, 11) is -1.88. The number of carbonyl (C=O) groups is 2. The van der Waals surface area contributed by atoms with Gasteiger partial charge in [-0.2, -0.15) is 0 Å². The van der Waals surface area contributed by atoms with Gasteiger partial charge in [0.25, 0.3) is 0 Å². The first kappa shape index (κ1) is 31.2. The summed E-state index contributed by atoms with van der Waals surface area (Å²) in [4.78, 5) is 23.6. The highest BCUT2D eigenvalue weighted by Crippen LogP contribution is 2.34. The Kier molecular flexibility index (Phi) is 12.3. The van der Waals surface area contributed by atoms with E-state index in [4.69, 9.17) is 0 Å².